The van der Waals surface area contributed by atoms with Crippen LogP contribution in [0, 0.1) is 0 Å². The molecule has 0 unspecified atom stereocenters. The molecule has 20 heavy (non-hydrogen) atoms. The summed E-state index contributed by atoms with van der Waals surface area (Å²) in [5.41, 5.74) is 2.51. The molecule has 0 saturated carbocycles. The van der Waals surface area contributed by atoms with Crippen molar-refractivity contribution in [2.24, 2.45) is 0 Å². The maximum Gasteiger partial charge on any atom is 0.328 e. The third-order valence-electron chi connectivity index (χ3n) is 2.66. The monoisotopic (exact) mass is 297 g/mol. The standard InChI is InChI=1S/C10H12ClN.C4H4O4/c11-9-5-3-6-10-8(9)4-1-2-7-12-10;5-3(6)1-2-4(7)8/h3,5-6,12H,1-2,4,7H2;1-2H,(H,5,6)(H,7,8)/b;2-1+. The molecular formula is C14H16ClNO4. The third-order valence-corrected chi connectivity index (χ3v) is 3.01. The first-order valence-corrected chi connectivity index (χ1v) is 6.53. The van der Waals surface area contributed by atoms with E-state index in [4.69, 9.17) is 21.8 Å². The number of anilines is 1. The van der Waals surface area contributed by atoms with Gasteiger partial charge in [-0.25, -0.2) is 9.59 Å². The summed E-state index contributed by atoms with van der Waals surface area (Å²) in [6.07, 6.45) is 4.71. The van der Waals surface area contributed by atoms with E-state index < -0.39 is 11.9 Å². The van der Waals surface area contributed by atoms with Crippen LogP contribution in [0.2, 0.25) is 5.02 Å². The van der Waals surface area contributed by atoms with Crippen molar-refractivity contribution in [2.75, 3.05) is 11.9 Å². The summed E-state index contributed by atoms with van der Waals surface area (Å²) in [6.45, 7) is 1.08. The van der Waals surface area contributed by atoms with Crippen LogP contribution in [-0.2, 0) is 16.0 Å². The zero-order chi connectivity index (χ0) is 15.0. The Kier molecular flexibility index (Phi) is 6.59. The summed E-state index contributed by atoms with van der Waals surface area (Å²) in [5.74, 6) is -2.51. The van der Waals surface area contributed by atoms with E-state index >= 15 is 0 Å². The minimum atomic E-state index is -1.26. The van der Waals surface area contributed by atoms with Gasteiger partial charge in [-0.2, -0.15) is 0 Å². The normalized spacial score (nSPS) is 13.4. The molecule has 0 aromatic heterocycles. The molecule has 1 aliphatic rings. The van der Waals surface area contributed by atoms with Crippen LogP contribution in [0.3, 0.4) is 0 Å². The molecule has 108 valence electrons. The highest BCUT2D eigenvalue weighted by Crippen LogP contribution is 2.27. The van der Waals surface area contributed by atoms with Gasteiger partial charge in [-0.1, -0.05) is 17.7 Å². The maximum atomic E-state index is 9.55. The molecule has 0 fully saturated rings. The van der Waals surface area contributed by atoms with Crippen LogP contribution in [0.4, 0.5) is 5.69 Å². The van der Waals surface area contributed by atoms with Gasteiger partial charge in [0.15, 0.2) is 0 Å². The van der Waals surface area contributed by atoms with Crippen LogP contribution in [0.15, 0.2) is 30.4 Å². The molecule has 1 aromatic carbocycles. The molecule has 0 atom stereocenters. The summed E-state index contributed by atoms with van der Waals surface area (Å²) < 4.78 is 0. The second-order valence-corrected chi connectivity index (χ2v) is 4.57. The van der Waals surface area contributed by atoms with Crippen molar-refractivity contribution in [2.45, 2.75) is 19.3 Å². The van der Waals surface area contributed by atoms with Crippen LogP contribution in [0.5, 0.6) is 0 Å². The van der Waals surface area contributed by atoms with Gasteiger partial charge in [-0.3, -0.25) is 0 Å². The van der Waals surface area contributed by atoms with Crippen molar-refractivity contribution >= 4 is 29.2 Å². The fourth-order valence-corrected chi connectivity index (χ4v) is 2.04. The molecule has 0 aliphatic carbocycles. The van der Waals surface area contributed by atoms with Crippen LogP contribution in [0.1, 0.15) is 18.4 Å². The number of fused-ring (bicyclic) bond motifs is 1. The van der Waals surface area contributed by atoms with E-state index in [1.807, 2.05) is 12.1 Å². The fraction of sp³-hybridized carbons (Fsp3) is 0.286. The van der Waals surface area contributed by atoms with E-state index in [2.05, 4.69) is 11.4 Å². The lowest BCUT2D eigenvalue weighted by Gasteiger charge is -2.07. The van der Waals surface area contributed by atoms with E-state index in [1.165, 1.54) is 24.1 Å². The number of carboxylic acid groups (broad SMARTS) is 2. The van der Waals surface area contributed by atoms with Crippen molar-refractivity contribution < 1.29 is 19.8 Å². The molecule has 0 amide bonds. The number of benzene rings is 1. The van der Waals surface area contributed by atoms with Gasteiger partial charge in [0, 0.05) is 29.4 Å². The van der Waals surface area contributed by atoms with E-state index in [0.29, 0.717) is 12.2 Å². The van der Waals surface area contributed by atoms with Crippen LogP contribution < -0.4 is 5.32 Å². The molecule has 1 heterocycles. The van der Waals surface area contributed by atoms with Gasteiger partial charge in [-0.15, -0.1) is 0 Å². The first-order valence-electron chi connectivity index (χ1n) is 6.16. The zero-order valence-corrected chi connectivity index (χ0v) is 11.6. The highest BCUT2D eigenvalue weighted by atomic mass is 35.5. The first-order chi connectivity index (χ1) is 9.50. The number of rotatable bonds is 2. The summed E-state index contributed by atoms with van der Waals surface area (Å²) in [6, 6.07) is 6.07. The van der Waals surface area contributed by atoms with Crippen LogP contribution in [-0.4, -0.2) is 28.7 Å². The molecular weight excluding hydrogens is 282 g/mol. The molecule has 1 aliphatic heterocycles. The van der Waals surface area contributed by atoms with Gasteiger partial charge in [-0.05, 0) is 37.0 Å². The van der Waals surface area contributed by atoms with Gasteiger partial charge < -0.3 is 15.5 Å². The highest BCUT2D eigenvalue weighted by Gasteiger charge is 2.09. The quantitative estimate of drug-likeness (QED) is 0.731. The Morgan fingerprint density at radius 3 is 2.40 bits per heavy atom. The van der Waals surface area contributed by atoms with Crippen molar-refractivity contribution in [3.8, 4) is 0 Å². The average Bonchev–Trinajstić information content (AvgIpc) is 2.63. The van der Waals surface area contributed by atoms with Gasteiger partial charge in [0.05, 0.1) is 0 Å². The lowest BCUT2D eigenvalue weighted by Crippen LogP contribution is -1.99. The van der Waals surface area contributed by atoms with Crippen LogP contribution >= 0.6 is 11.6 Å². The van der Waals surface area contributed by atoms with Crippen LogP contribution in [0.25, 0.3) is 0 Å². The molecule has 2 rings (SSSR count). The van der Waals surface area contributed by atoms with Gasteiger partial charge in [0.1, 0.15) is 0 Å². The molecule has 0 bridgehead atoms. The molecule has 5 nitrogen and oxygen atoms in total. The molecule has 3 N–H and O–H groups in total. The Bertz CT molecular complexity index is 498. The summed E-state index contributed by atoms with van der Waals surface area (Å²) in [7, 11) is 0. The predicted octanol–water partition coefficient (Wildman–Crippen LogP) is 2.80. The summed E-state index contributed by atoms with van der Waals surface area (Å²) in [5, 5.41) is 19.9. The minimum absolute atomic E-state index is 0.558. The minimum Gasteiger partial charge on any atom is -0.478 e. The second kappa shape index (κ2) is 8.22. The second-order valence-electron chi connectivity index (χ2n) is 4.16. The van der Waals surface area contributed by atoms with Crippen molar-refractivity contribution in [3.63, 3.8) is 0 Å². The fourth-order valence-electron chi connectivity index (χ4n) is 1.77. The Balaban J connectivity index is 0.000000221. The summed E-state index contributed by atoms with van der Waals surface area (Å²) >= 11 is 6.07. The first kappa shape index (κ1) is 16.0. The molecule has 0 spiro atoms. The Morgan fingerprint density at radius 2 is 1.80 bits per heavy atom. The van der Waals surface area contributed by atoms with E-state index in [1.54, 1.807) is 0 Å². The number of hydrogen-bond donors (Lipinski definition) is 3. The number of nitrogens with one attached hydrogen (secondary N) is 1. The topological polar surface area (TPSA) is 86.6 Å². The zero-order valence-electron chi connectivity index (χ0n) is 10.8. The number of halogens is 1. The van der Waals surface area contributed by atoms with Gasteiger partial charge in [0.2, 0.25) is 0 Å². The van der Waals surface area contributed by atoms with Crippen molar-refractivity contribution in [1.29, 1.82) is 0 Å². The summed E-state index contributed by atoms with van der Waals surface area (Å²) in [4.78, 5) is 19.1. The number of aliphatic carboxylic acids is 2. The lowest BCUT2D eigenvalue weighted by atomic mass is 10.1. The average molecular weight is 298 g/mol. The number of carbonyl (C=O) groups is 2. The molecule has 1 aromatic rings. The Labute approximate surface area is 121 Å². The van der Waals surface area contributed by atoms with Crippen molar-refractivity contribution in [1.82, 2.24) is 0 Å². The SMILES string of the molecule is Clc1cccc2c1CCCCN2.O=C(O)/C=C/C(=O)O. The third kappa shape index (κ3) is 5.75. The molecule has 6 heteroatoms. The van der Waals surface area contributed by atoms with Gasteiger partial charge >= 0.3 is 11.9 Å². The largest absolute Gasteiger partial charge is 0.478 e. The number of carboxylic acids is 2. The lowest BCUT2D eigenvalue weighted by molar-refractivity contribution is -0.134. The molecule has 0 radical (unpaired) electrons. The van der Waals surface area contributed by atoms with Gasteiger partial charge in [0.25, 0.3) is 0 Å². The smallest absolute Gasteiger partial charge is 0.328 e. The van der Waals surface area contributed by atoms with Crippen molar-refractivity contribution in [3.05, 3.63) is 40.9 Å². The predicted molar refractivity (Wildman–Crippen MR) is 77.3 cm³/mol. The van der Waals surface area contributed by atoms with E-state index in [9.17, 15) is 9.59 Å². The highest BCUT2D eigenvalue weighted by molar-refractivity contribution is 6.31. The Morgan fingerprint density at radius 1 is 1.15 bits per heavy atom. The number of hydrogen-bond acceptors (Lipinski definition) is 3. The Hall–Kier alpha value is -2.01. The molecule has 0 saturated heterocycles. The maximum absolute atomic E-state index is 9.55. The van der Waals surface area contributed by atoms with E-state index in [-0.39, 0.29) is 0 Å². The van der Waals surface area contributed by atoms with E-state index in [0.717, 1.165) is 18.0 Å².